The Morgan fingerprint density at radius 1 is 1.35 bits per heavy atom. The van der Waals surface area contributed by atoms with Crippen LogP contribution in [0.3, 0.4) is 0 Å². The van der Waals surface area contributed by atoms with Gasteiger partial charge in [-0.3, -0.25) is 4.57 Å². The van der Waals surface area contributed by atoms with Crippen LogP contribution in [0.2, 0.25) is 0 Å². The van der Waals surface area contributed by atoms with Gasteiger partial charge in [0.15, 0.2) is 5.82 Å². The summed E-state index contributed by atoms with van der Waals surface area (Å²) in [6.07, 6.45) is 1.69. The van der Waals surface area contributed by atoms with Gasteiger partial charge in [-0.2, -0.15) is 0 Å². The lowest BCUT2D eigenvalue weighted by molar-refractivity contribution is 0.567. The number of halogens is 2. The molecule has 0 radical (unpaired) electrons. The molecule has 2 aromatic rings. The van der Waals surface area contributed by atoms with E-state index in [0.717, 1.165) is 12.8 Å². The summed E-state index contributed by atoms with van der Waals surface area (Å²) >= 11 is 3.09. The van der Waals surface area contributed by atoms with E-state index < -0.39 is 15.8 Å². The first-order chi connectivity index (χ1) is 9.38. The molecule has 0 saturated heterocycles. The largest absolute Gasteiger partial charge is 0.294 e. The molecule has 1 saturated carbocycles. The number of benzene rings is 1. The molecule has 6 nitrogen and oxygen atoms in total. The molecule has 1 aromatic carbocycles. The van der Waals surface area contributed by atoms with Gasteiger partial charge < -0.3 is 0 Å². The highest BCUT2D eigenvalue weighted by Gasteiger charge is 2.33. The molecular weight excluding hydrogens is 351 g/mol. The van der Waals surface area contributed by atoms with E-state index in [9.17, 15) is 12.8 Å². The van der Waals surface area contributed by atoms with Crippen LogP contribution in [-0.2, 0) is 10.0 Å². The van der Waals surface area contributed by atoms with Crippen molar-refractivity contribution in [2.24, 2.45) is 5.14 Å². The number of nitrogens with zero attached hydrogens (tertiary/aromatic N) is 3. The first-order valence-electron chi connectivity index (χ1n) is 5.81. The summed E-state index contributed by atoms with van der Waals surface area (Å²) in [5, 5.41) is 12.5. The van der Waals surface area contributed by atoms with Crippen molar-refractivity contribution in [1.29, 1.82) is 0 Å². The minimum atomic E-state index is -3.94. The van der Waals surface area contributed by atoms with E-state index in [4.69, 9.17) is 5.14 Å². The van der Waals surface area contributed by atoms with Gasteiger partial charge in [0.25, 0.3) is 15.2 Å². The average Bonchev–Trinajstić information content (AvgIpc) is 3.10. The first kappa shape index (κ1) is 13.7. The van der Waals surface area contributed by atoms with Crippen LogP contribution < -0.4 is 5.14 Å². The lowest BCUT2D eigenvalue weighted by Crippen LogP contribution is -2.18. The lowest BCUT2D eigenvalue weighted by atomic mass is 10.2. The predicted molar refractivity (Wildman–Crippen MR) is 72.8 cm³/mol. The quantitative estimate of drug-likeness (QED) is 0.903. The van der Waals surface area contributed by atoms with Crippen molar-refractivity contribution in [2.45, 2.75) is 24.0 Å². The first-order valence-corrected chi connectivity index (χ1v) is 8.15. The maximum atomic E-state index is 13.3. The topological polar surface area (TPSA) is 90.9 Å². The maximum Gasteiger partial charge on any atom is 0.273 e. The Bertz CT molecular complexity index is 786. The van der Waals surface area contributed by atoms with Gasteiger partial charge in [0.2, 0.25) is 0 Å². The Kier molecular flexibility index (Phi) is 3.14. The van der Waals surface area contributed by atoms with E-state index in [1.54, 1.807) is 0 Å². The zero-order valence-corrected chi connectivity index (χ0v) is 12.5. The zero-order chi connectivity index (χ0) is 14.5. The molecule has 1 fully saturated rings. The van der Waals surface area contributed by atoms with Crippen molar-refractivity contribution in [2.75, 3.05) is 0 Å². The molecule has 0 amide bonds. The van der Waals surface area contributed by atoms with Crippen LogP contribution in [0.4, 0.5) is 4.39 Å². The summed E-state index contributed by atoms with van der Waals surface area (Å²) in [6, 6.07) is 4.36. The molecule has 0 atom stereocenters. The van der Waals surface area contributed by atoms with Crippen LogP contribution in [0.25, 0.3) is 11.4 Å². The van der Waals surface area contributed by atoms with Crippen LogP contribution >= 0.6 is 15.9 Å². The highest BCUT2D eigenvalue weighted by Crippen LogP contribution is 2.40. The summed E-state index contributed by atoms with van der Waals surface area (Å²) in [6.45, 7) is 0. The normalized spacial score (nSPS) is 15.6. The van der Waals surface area contributed by atoms with E-state index >= 15 is 0 Å². The fraction of sp³-hybridized carbons (Fsp3) is 0.273. The summed E-state index contributed by atoms with van der Waals surface area (Å²) < 4.78 is 38.1. The maximum absolute atomic E-state index is 13.3. The molecule has 1 aliphatic carbocycles. The third-order valence-electron chi connectivity index (χ3n) is 3.01. The summed E-state index contributed by atoms with van der Waals surface area (Å²) in [5.41, 5.74) is 0.576. The monoisotopic (exact) mass is 360 g/mol. The molecular formula is C11H10BrFN4O2S. The zero-order valence-electron chi connectivity index (χ0n) is 10.1. The second-order valence-corrected chi connectivity index (χ2v) is 6.89. The molecule has 0 bridgehead atoms. The van der Waals surface area contributed by atoms with Gasteiger partial charge in [0, 0.05) is 11.6 Å². The van der Waals surface area contributed by atoms with Gasteiger partial charge in [-0.25, -0.2) is 17.9 Å². The molecule has 2 N–H and O–H groups in total. The second kappa shape index (κ2) is 4.61. The summed E-state index contributed by atoms with van der Waals surface area (Å²) in [4.78, 5) is 0. The van der Waals surface area contributed by atoms with Crippen LogP contribution in [-0.4, -0.2) is 23.2 Å². The third kappa shape index (κ3) is 2.36. The molecule has 0 spiro atoms. The van der Waals surface area contributed by atoms with Crippen molar-refractivity contribution >= 4 is 26.0 Å². The molecule has 3 rings (SSSR count). The van der Waals surface area contributed by atoms with Gasteiger partial charge in [0.1, 0.15) is 5.82 Å². The van der Waals surface area contributed by atoms with Gasteiger partial charge in [0.05, 0.1) is 4.47 Å². The fourth-order valence-corrected chi connectivity index (χ4v) is 3.01. The van der Waals surface area contributed by atoms with Crippen LogP contribution in [0.5, 0.6) is 0 Å². The van der Waals surface area contributed by atoms with Crippen molar-refractivity contribution in [3.63, 3.8) is 0 Å². The van der Waals surface area contributed by atoms with Crippen molar-refractivity contribution in [1.82, 2.24) is 14.8 Å². The van der Waals surface area contributed by atoms with E-state index in [2.05, 4.69) is 26.1 Å². The highest BCUT2D eigenvalue weighted by atomic mass is 79.9. The van der Waals surface area contributed by atoms with Gasteiger partial charge in [-0.1, -0.05) is 0 Å². The van der Waals surface area contributed by atoms with E-state index in [0.29, 0.717) is 11.4 Å². The predicted octanol–water partition coefficient (Wildman–Crippen LogP) is 1.83. The van der Waals surface area contributed by atoms with Crippen molar-refractivity contribution in [3.05, 3.63) is 28.5 Å². The van der Waals surface area contributed by atoms with Gasteiger partial charge in [-0.15, -0.1) is 10.2 Å². The number of primary sulfonamides is 1. The molecule has 20 heavy (non-hydrogen) atoms. The Balaban J connectivity index is 2.19. The van der Waals surface area contributed by atoms with Gasteiger partial charge in [-0.05, 0) is 47.0 Å². The molecule has 0 aliphatic heterocycles. The lowest BCUT2D eigenvalue weighted by Gasteiger charge is -2.08. The molecule has 1 aromatic heterocycles. The Morgan fingerprint density at radius 2 is 2.05 bits per heavy atom. The van der Waals surface area contributed by atoms with Gasteiger partial charge >= 0.3 is 0 Å². The number of hydrogen-bond acceptors (Lipinski definition) is 4. The molecule has 1 heterocycles. The number of sulfonamides is 1. The number of rotatable bonds is 3. The molecule has 106 valence electrons. The average molecular weight is 361 g/mol. The van der Waals surface area contributed by atoms with E-state index in [1.165, 1.54) is 22.8 Å². The smallest absolute Gasteiger partial charge is 0.273 e. The SMILES string of the molecule is NS(=O)(=O)c1nnc(-c2ccc(F)c(Br)c2)n1C1CC1. The highest BCUT2D eigenvalue weighted by molar-refractivity contribution is 9.10. The Hall–Kier alpha value is -1.32. The second-order valence-electron chi connectivity index (χ2n) is 4.58. The number of aromatic nitrogens is 3. The third-order valence-corrected chi connectivity index (χ3v) is 4.40. The van der Waals surface area contributed by atoms with Crippen LogP contribution in [0.1, 0.15) is 18.9 Å². The standard InChI is InChI=1S/C11H10BrFN4O2S/c12-8-5-6(1-4-9(8)13)10-15-16-11(20(14,18)19)17(10)7-2-3-7/h1,4-5,7H,2-3H2,(H2,14,18,19). The van der Waals surface area contributed by atoms with Crippen molar-refractivity contribution in [3.8, 4) is 11.4 Å². The minimum absolute atomic E-state index is 0.0251. The Labute approximate surface area is 123 Å². The molecule has 9 heteroatoms. The molecule has 1 aliphatic rings. The van der Waals surface area contributed by atoms with Crippen LogP contribution in [0.15, 0.2) is 27.8 Å². The molecule has 0 unspecified atom stereocenters. The van der Waals surface area contributed by atoms with Crippen molar-refractivity contribution < 1.29 is 12.8 Å². The van der Waals surface area contributed by atoms with E-state index in [1.807, 2.05) is 0 Å². The van der Waals surface area contributed by atoms with E-state index in [-0.39, 0.29) is 15.7 Å². The number of hydrogen-bond donors (Lipinski definition) is 1. The Morgan fingerprint density at radius 3 is 2.60 bits per heavy atom. The minimum Gasteiger partial charge on any atom is -0.294 e. The van der Waals surface area contributed by atoms with Crippen LogP contribution in [0, 0.1) is 5.82 Å². The summed E-state index contributed by atoms with van der Waals surface area (Å²) in [7, 11) is -3.94. The summed E-state index contributed by atoms with van der Waals surface area (Å²) in [5.74, 6) is -0.0323. The number of nitrogens with two attached hydrogens (primary N) is 1. The fourth-order valence-electron chi connectivity index (χ4n) is 1.96.